The van der Waals surface area contributed by atoms with Crippen molar-refractivity contribution < 1.29 is 0 Å². The standard InChI is InChI=1S/C14H26N2S2/c1-5-13(15)14(12-7-9-18-10-12)16(3)11(2)6-8-17-4/h7,9-11,13-14H,5-6,8,15H2,1-4H3. The molecule has 0 amide bonds. The fourth-order valence-corrected chi connectivity index (χ4v) is 3.48. The molecule has 0 radical (unpaired) electrons. The number of likely N-dealkylation sites (N-methyl/N-ethyl adjacent to an activating group) is 1. The Balaban J connectivity index is 2.76. The highest BCUT2D eigenvalue weighted by atomic mass is 32.2. The molecule has 0 saturated heterocycles. The summed E-state index contributed by atoms with van der Waals surface area (Å²) in [5, 5.41) is 4.38. The highest BCUT2D eigenvalue weighted by molar-refractivity contribution is 7.98. The molecule has 0 spiro atoms. The van der Waals surface area contributed by atoms with Crippen LogP contribution in [0.5, 0.6) is 0 Å². The van der Waals surface area contributed by atoms with Crippen molar-refractivity contribution in [1.29, 1.82) is 0 Å². The topological polar surface area (TPSA) is 29.3 Å². The highest BCUT2D eigenvalue weighted by Gasteiger charge is 2.26. The van der Waals surface area contributed by atoms with Gasteiger partial charge in [0, 0.05) is 12.1 Å². The summed E-state index contributed by atoms with van der Waals surface area (Å²) >= 11 is 3.67. The molecular weight excluding hydrogens is 260 g/mol. The SMILES string of the molecule is CCC(N)C(c1ccsc1)N(C)C(C)CCSC. The van der Waals surface area contributed by atoms with Crippen molar-refractivity contribution in [3.05, 3.63) is 22.4 Å². The molecule has 1 rings (SSSR count). The van der Waals surface area contributed by atoms with Gasteiger partial charge < -0.3 is 5.73 Å². The van der Waals surface area contributed by atoms with Crippen LogP contribution in [0.25, 0.3) is 0 Å². The molecule has 0 aliphatic rings. The van der Waals surface area contributed by atoms with Crippen molar-refractivity contribution >= 4 is 23.1 Å². The number of hydrogen-bond donors (Lipinski definition) is 1. The monoisotopic (exact) mass is 286 g/mol. The second-order valence-electron chi connectivity index (χ2n) is 4.87. The molecule has 2 N–H and O–H groups in total. The van der Waals surface area contributed by atoms with Crippen LogP contribution >= 0.6 is 23.1 Å². The molecule has 0 aliphatic carbocycles. The van der Waals surface area contributed by atoms with E-state index in [1.807, 2.05) is 11.8 Å². The van der Waals surface area contributed by atoms with Crippen LogP contribution in [0.4, 0.5) is 0 Å². The van der Waals surface area contributed by atoms with Gasteiger partial charge in [-0.3, -0.25) is 4.90 Å². The van der Waals surface area contributed by atoms with Gasteiger partial charge in [-0.15, -0.1) is 0 Å². The second-order valence-corrected chi connectivity index (χ2v) is 6.64. The van der Waals surface area contributed by atoms with Gasteiger partial charge in [-0.1, -0.05) is 6.92 Å². The van der Waals surface area contributed by atoms with Crippen LogP contribution in [-0.4, -0.2) is 36.0 Å². The number of rotatable bonds is 8. The van der Waals surface area contributed by atoms with Crippen molar-refractivity contribution in [2.24, 2.45) is 5.73 Å². The Hall–Kier alpha value is -0.0300. The smallest absolute Gasteiger partial charge is 0.0507 e. The number of nitrogens with two attached hydrogens (primary N) is 1. The molecule has 4 heteroatoms. The van der Waals surface area contributed by atoms with Gasteiger partial charge in [0.25, 0.3) is 0 Å². The van der Waals surface area contributed by atoms with E-state index < -0.39 is 0 Å². The van der Waals surface area contributed by atoms with Crippen LogP contribution in [0.15, 0.2) is 16.8 Å². The molecule has 1 heterocycles. The van der Waals surface area contributed by atoms with E-state index >= 15 is 0 Å². The first-order valence-corrected chi connectivity index (χ1v) is 8.94. The molecular formula is C14H26N2S2. The van der Waals surface area contributed by atoms with Gasteiger partial charge in [0.15, 0.2) is 0 Å². The van der Waals surface area contributed by atoms with Gasteiger partial charge in [0.1, 0.15) is 0 Å². The van der Waals surface area contributed by atoms with Crippen molar-refractivity contribution in [2.75, 3.05) is 19.1 Å². The molecule has 0 aliphatic heterocycles. The minimum atomic E-state index is 0.210. The molecule has 1 aromatic heterocycles. The lowest BCUT2D eigenvalue weighted by Crippen LogP contribution is -2.43. The average Bonchev–Trinajstić information content (AvgIpc) is 2.89. The van der Waals surface area contributed by atoms with E-state index in [0.29, 0.717) is 12.1 Å². The summed E-state index contributed by atoms with van der Waals surface area (Å²) in [6.45, 7) is 4.47. The molecule has 3 atom stereocenters. The second kappa shape index (κ2) is 8.20. The molecule has 2 nitrogen and oxygen atoms in total. The molecule has 0 bridgehead atoms. The van der Waals surface area contributed by atoms with E-state index in [1.54, 1.807) is 11.3 Å². The summed E-state index contributed by atoms with van der Waals surface area (Å²) < 4.78 is 0. The Kier molecular flexibility index (Phi) is 7.30. The molecule has 0 saturated carbocycles. The fraction of sp³-hybridized carbons (Fsp3) is 0.714. The molecule has 18 heavy (non-hydrogen) atoms. The molecule has 1 aromatic rings. The van der Waals surface area contributed by atoms with Crippen molar-refractivity contribution in [2.45, 2.75) is 44.8 Å². The van der Waals surface area contributed by atoms with Crippen LogP contribution in [0.3, 0.4) is 0 Å². The minimum absolute atomic E-state index is 0.210. The third-order valence-corrected chi connectivity index (χ3v) is 4.98. The van der Waals surface area contributed by atoms with Crippen LogP contribution in [0.2, 0.25) is 0 Å². The summed E-state index contributed by atoms with van der Waals surface area (Å²) in [5.74, 6) is 1.21. The first kappa shape index (κ1) is 16.0. The van der Waals surface area contributed by atoms with Gasteiger partial charge in [-0.25, -0.2) is 0 Å². The fourth-order valence-electron chi connectivity index (χ4n) is 2.22. The maximum absolute atomic E-state index is 6.33. The zero-order chi connectivity index (χ0) is 13.5. The van der Waals surface area contributed by atoms with E-state index in [4.69, 9.17) is 5.73 Å². The lowest BCUT2D eigenvalue weighted by Gasteiger charge is -2.36. The van der Waals surface area contributed by atoms with Crippen LogP contribution in [0.1, 0.15) is 38.3 Å². The zero-order valence-electron chi connectivity index (χ0n) is 11.9. The normalized spacial score (nSPS) is 16.8. The summed E-state index contributed by atoms with van der Waals surface area (Å²) in [7, 11) is 2.21. The van der Waals surface area contributed by atoms with Gasteiger partial charge >= 0.3 is 0 Å². The third kappa shape index (κ3) is 4.26. The zero-order valence-corrected chi connectivity index (χ0v) is 13.6. The number of thioether (sulfide) groups is 1. The van der Waals surface area contributed by atoms with Crippen molar-refractivity contribution in [3.63, 3.8) is 0 Å². The summed E-state index contributed by atoms with van der Waals surface area (Å²) in [6, 6.07) is 3.34. The average molecular weight is 287 g/mol. The first-order valence-electron chi connectivity index (χ1n) is 6.60. The van der Waals surface area contributed by atoms with Crippen molar-refractivity contribution in [3.8, 4) is 0 Å². The maximum Gasteiger partial charge on any atom is 0.0507 e. The minimum Gasteiger partial charge on any atom is -0.326 e. The predicted molar refractivity (Wildman–Crippen MR) is 85.6 cm³/mol. The van der Waals surface area contributed by atoms with E-state index in [9.17, 15) is 0 Å². The lowest BCUT2D eigenvalue weighted by atomic mass is 9.97. The maximum atomic E-state index is 6.33. The van der Waals surface area contributed by atoms with E-state index in [2.05, 4.69) is 48.9 Å². The molecule has 0 fully saturated rings. The largest absolute Gasteiger partial charge is 0.326 e. The van der Waals surface area contributed by atoms with Crippen LogP contribution < -0.4 is 5.73 Å². The molecule has 3 unspecified atom stereocenters. The van der Waals surface area contributed by atoms with Crippen LogP contribution in [-0.2, 0) is 0 Å². The van der Waals surface area contributed by atoms with Crippen LogP contribution in [0, 0.1) is 0 Å². The summed E-state index contributed by atoms with van der Waals surface area (Å²) in [6.07, 6.45) is 4.40. The predicted octanol–water partition coefficient (Wildman–Crippen LogP) is 3.60. The highest BCUT2D eigenvalue weighted by Crippen LogP contribution is 2.28. The first-order chi connectivity index (χ1) is 8.61. The quantitative estimate of drug-likeness (QED) is 0.792. The Morgan fingerprint density at radius 3 is 2.72 bits per heavy atom. The van der Waals surface area contributed by atoms with Gasteiger partial charge in [-0.05, 0) is 61.2 Å². The third-order valence-electron chi connectivity index (χ3n) is 3.64. The number of thiophene rings is 1. The van der Waals surface area contributed by atoms with Crippen molar-refractivity contribution in [1.82, 2.24) is 4.90 Å². The molecule has 104 valence electrons. The van der Waals surface area contributed by atoms with Gasteiger partial charge in [0.05, 0.1) is 6.04 Å². The Morgan fingerprint density at radius 2 is 2.22 bits per heavy atom. The molecule has 0 aromatic carbocycles. The summed E-state index contributed by atoms with van der Waals surface area (Å²) in [5.41, 5.74) is 7.70. The Morgan fingerprint density at radius 1 is 1.50 bits per heavy atom. The van der Waals surface area contributed by atoms with Gasteiger partial charge in [-0.2, -0.15) is 23.1 Å². The number of hydrogen-bond acceptors (Lipinski definition) is 4. The Labute approximate surface area is 120 Å². The van der Waals surface area contributed by atoms with E-state index in [-0.39, 0.29) is 6.04 Å². The van der Waals surface area contributed by atoms with E-state index in [0.717, 1.165) is 6.42 Å². The van der Waals surface area contributed by atoms with Gasteiger partial charge in [0.2, 0.25) is 0 Å². The lowest BCUT2D eigenvalue weighted by molar-refractivity contribution is 0.156. The summed E-state index contributed by atoms with van der Waals surface area (Å²) in [4.78, 5) is 2.45. The number of nitrogens with zero attached hydrogens (tertiary/aromatic N) is 1. The van der Waals surface area contributed by atoms with E-state index in [1.165, 1.54) is 17.7 Å². The Bertz CT molecular complexity index is 314.